The molecule has 0 amide bonds. The Morgan fingerprint density at radius 1 is 0.789 bits per heavy atom. The van der Waals surface area contributed by atoms with Crippen LogP contribution in [0.2, 0.25) is 0 Å². The van der Waals surface area contributed by atoms with E-state index in [9.17, 15) is 16.8 Å². The van der Waals surface area contributed by atoms with E-state index < -0.39 is 20.6 Å². The Hall–Kier alpha value is -1.23. The SMILES string of the molecule is O=S(=O)=C1C=C(PC2=CC(=S(=O)=O)CC=C2)C=CC1. The molecule has 0 N–H and O–H groups in total. The van der Waals surface area contributed by atoms with E-state index in [-0.39, 0.29) is 8.58 Å². The second kappa shape index (κ2) is 6.28. The Morgan fingerprint density at radius 2 is 1.21 bits per heavy atom. The summed E-state index contributed by atoms with van der Waals surface area (Å²) < 4.78 is 43.6. The predicted molar refractivity (Wildman–Crippen MR) is 79.8 cm³/mol. The molecule has 0 spiro atoms. The first-order chi connectivity index (χ1) is 9.06. The highest BCUT2D eigenvalue weighted by Crippen LogP contribution is 2.37. The molecule has 0 unspecified atom stereocenters. The molecule has 0 aromatic heterocycles. The number of hydrogen-bond donors (Lipinski definition) is 0. The van der Waals surface area contributed by atoms with Gasteiger partial charge in [-0.15, -0.1) is 0 Å². The molecule has 0 saturated carbocycles. The van der Waals surface area contributed by atoms with Crippen LogP contribution in [0.25, 0.3) is 0 Å². The van der Waals surface area contributed by atoms with Crippen molar-refractivity contribution >= 4 is 38.9 Å². The molecule has 0 heterocycles. The van der Waals surface area contributed by atoms with Crippen molar-refractivity contribution in [3.05, 3.63) is 47.1 Å². The van der Waals surface area contributed by atoms with E-state index in [2.05, 4.69) is 0 Å². The lowest BCUT2D eigenvalue weighted by atomic mass is 10.2. The highest BCUT2D eigenvalue weighted by molar-refractivity contribution is 7.73. The first-order valence-electron chi connectivity index (χ1n) is 5.50. The zero-order valence-electron chi connectivity index (χ0n) is 9.83. The van der Waals surface area contributed by atoms with Crippen molar-refractivity contribution < 1.29 is 16.8 Å². The molecule has 0 bridgehead atoms. The normalized spacial score (nSPS) is 18.1. The molecule has 0 aromatic carbocycles. The monoisotopic (exact) mass is 314 g/mol. The van der Waals surface area contributed by atoms with Crippen LogP contribution in [-0.4, -0.2) is 26.6 Å². The summed E-state index contributed by atoms with van der Waals surface area (Å²) in [6, 6.07) is 0. The fourth-order valence-corrected chi connectivity index (χ4v) is 4.07. The molecule has 2 aliphatic carbocycles. The molecular weight excluding hydrogens is 303 g/mol. The number of allylic oxidation sites excluding steroid dienone is 8. The van der Waals surface area contributed by atoms with Crippen molar-refractivity contribution in [2.24, 2.45) is 0 Å². The first-order valence-corrected chi connectivity index (χ1v) is 8.65. The third-order valence-electron chi connectivity index (χ3n) is 2.58. The van der Waals surface area contributed by atoms with E-state index in [0.717, 1.165) is 10.6 Å². The molecule has 4 nitrogen and oxygen atoms in total. The number of rotatable bonds is 2. The van der Waals surface area contributed by atoms with Gasteiger partial charge in [0.15, 0.2) is 0 Å². The van der Waals surface area contributed by atoms with Gasteiger partial charge in [0.1, 0.15) is 0 Å². The van der Waals surface area contributed by atoms with Gasteiger partial charge < -0.3 is 0 Å². The van der Waals surface area contributed by atoms with Crippen molar-refractivity contribution in [1.29, 1.82) is 0 Å². The van der Waals surface area contributed by atoms with Crippen LogP contribution in [0.3, 0.4) is 0 Å². The fraction of sp³-hybridized carbons (Fsp3) is 0.167. The Morgan fingerprint density at radius 3 is 1.58 bits per heavy atom. The highest BCUT2D eigenvalue weighted by atomic mass is 32.2. The van der Waals surface area contributed by atoms with Gasteiger partial charge >= 0.3 is 0 Å². The summed E-state index contributed by atoms with van der Waals surface area (Å²) in [5, 5.41) is 1.78. The molecule has 0 fully saturated rings. The van der Waals surface area contributed by atoms with Crippen LogP contribution in [0.4, 0.5) is 0 Å². The van der Waals surface area contributed by atoms with Crippen molar-refractivity contribution in [1.82, 2.24) is 0 Å². The van der Waals surface area contributed by atoms with E-state index in [0.29, 0.717) is 22.6 Å². The van der Waals surface area contributed by atoms with Crippen LogP contribution in [-0.2, 0) is 20.6 Å². The lowest BCUT2D eigenvalue weighted by Crippen LogP contribution is -2.00. The molecule has 0 atom stereocenters. The fourth-order valence-electron chi connectivity index (χ4n) is 1.72. The van der Waals surface area contributed by atoms with Crippen LogP contribution in [0.1, 0.15) is 12.8 Å². The Kier molecular flexibility index (Phi) is 4.69. The van der Waals surface area contributed by atoms with Gasteiger partial charge in [-0.2, -0.15) is 16.8 Å². The van der Waals surface area contributed by atoms with Gasteiger partial charge in [0.25, 0.3) is 0 Å². The largest absolute Gasteiger partial charge is 0.217 e. The lowest BCUT2D eigenvalue weighted by molar-refractivity contribution is 0.625. The summed E-state index contributed by atoms with van der Waals surface area (Å²) in [6.07, 6.45) is 11.5. The van der Waals surface area contributed by atoms with E-state index in [1.807, 2.05) is 12.2 Å². The summed E-state index contributed by atoms with van der Waals surface area (Å²) in [5.41, 5.74) is 0. The van der Waals surface area contributed by atoms with E-state index in [4.69, 9.17) is 0 Å². The second-order valence-corrected chi connectivity index (χ2v) is 7.33. The minimum absolute atomic E-state index is 0.248. The van der Waals surface area contributed by atoms with Crippen LogP contribution in [0.5, 0.6) is 0 Å². The van der Waals surface area contributed by atoms with E-state index in [1.165, 1.54) is 0 Å². The Labute approximate surface area is 116 Å². The molecule has 0 aromatic rings. The summed E-state index contributed by atoms with van der Waals surface area (Å²) in [6.45, 7) is 0. The van der Waals surface area contributed by atoms with Crippen molar-refractivity contribution in [2.75, 3.05) is 0 Å². The quantitative estimate of drug-likeness (QED) is 0.571. The average molecular weight is 314 g/mol. The standard InChI is InChI=1S/C12H11O4PS2/c13-18(14)11-5-1-3-9(7-11)17-10-4-2-6-12(8-10)19(15)16/h1-4,7-8,17H,5-6H2. The Balaban J connectivity index is 2.28. The average Bonchev–Trinajstić information content (AvgIpc) is 2.39. The summed E-state index contributed by atoms with van der Waals surface area (Å²) in [4.78, 5) is 0.726. The van der Waals surface area contributed by atoms with Gasteiger partial charge in [-0.3, -0.25) is 0 Å². The molecule has 2 aliphatic rings. The van der Waals surface area contributed by atoms with Crippen LogP contribution in [0.15, 0.2) is 47.1 Å². The van der Waals surface area contributed by atoms with Crippen LogP contribution < -0.4 is 0 Å². The number of hydrogen-bond acceptors (Lipinski definition) is 4. The lowest BCUT2D eigenvalue weighted by Gasteiger charge is -2.10. The minimum atomic E-state index is -2.19. The highest BCUT2D eigenvalue weighted by Gasteiger charge is 2.09. The first kappa shape index (κ1) is 14.2. The summed E-state index contributed by atoms with van der Waals surface area (Å²) in [5.74, 6) is 0. The third kappa shape index (κ3) is 3.86. The molecule has 0 radical (unpaired) electrons. The minimum Gasteiger partial charge on any atom is -0.184 e. The van der Waals surface area contributed by atoms with Crippen molar-refractivity contribution in [2.45, 2.75) is 12.8 Å². The van der Waals surface area contributed by atoms with Gasteiger partial charge in [-0.1, -0.05) is 32.9 Å². The maximum atomic E-state index is 10.9. The molecule has 7 heteroatoms. The predicted octanol–water partition coefficient (Wildman–Crippen LogP) is 1.46. The van der Waals surface area contributed by atoms with Gasteiger partial charge in [-0.25, -0.2) is 0 Å². The maximum absolute atomic E-state index is 10.9. The van der Waals surface area contributed by atoms with Gasteiger partial charge in [0.2, 0.25) is 20.6 Å². The second-order valence-electron chi connectivity index (χ2n) is 3.94. The molecule has 2 rings (SSSR count). The zero-order valence-corrected chi connectivity index (χ0v) is 12.5. The molecule has 19 heavy (non-hydrogen) atoms. The molecule has 100 valence electrons. The maximum Gasteiger partial charge on any atom is 0.217 e. The summed E-state index contributed by atoms with van der Waals surface area (Å²) in [7, 11) is -4.13. The smallest absolute Gasteiger partial charge is 0.184 e. The molecule has 0 aliphatic heterocycles. The van der Waals surface area contributed by atoms with Gasteiger partial charge in [0, 0.05) is 12.8 Å². The van der Waals surface area contributed by atoms with Gasteiger partial charge in [-0.05, 0) is 22.8 Å². The molecular formula is C12H11O4PS2. The topological polar surface area (TPSA) is 68.3 Å². The van der Waals surface area contributed by atoms with Gasteiger partial charge in [0.05, 0.1) is 9.73 Å². The van der Waals surface area contributed by atoms with Crippen LogP contribution in [0, 0.1) is 0 Å². The zero-order chi connectivity index (χ0) is 13.8. The van der Waals surface area contributed by atoms with Crippen molar-refractivity contribution in [3.63, 3.8) is 0 Å². The van der Waals surface area contributed by atoms with Crippen molar-refractivity contribution in [3.8, 4) is 0 Å². The van der Waals surface area contributed by atoms with E-state index >= 15 is 0 Å². The third-order valence-corrected chi connectivity index (χ3v) is 5.21. The van der Waals surface area contributed by atoms with Crippen LogP contribution >= 0.6 is 8.58 Å². The molecule has 0 saturated heterocycles. The van der Waals surface area contributed by atoms with E-state index in [1.54, 1.807) is 24.3 Å². The Bertz CT molecular complexity index is 707. The summed E-state index contributed by atoms with van der Waals surface area (Å²) >= 11 is 0.